The number of carbonyl (C=O) groups excluding carboxylic acids is 2. The summed E-state index contributed by atoms with van der Waals surface area (Å²) in [5.74, 6) is 0.00989. The highest BCUT2D eigenvalue weighted by molar-refractivity contribution is 6.02. The van der Waals surface area contributed by atoms with Crippen LogP contribution >= 0.6 is 0 Å². The van der Waals surface area contributed by atoms with Crippen LogP contribution in [-0.2, 0) is 9.59 Å². The Morgan fingerprint density at radius 2 is 1.85 bits per heavy atom. The average molecular weight is 273 g/mol. The van der Waals surface area contributed by atoms with Crippen molar-refractivity contribution in [3.63, 3.8) is 0 Å². The molecule has 0 saturated carbocycles. The minimum atomic E-state index is -0.224. The molecule has 5 heteroatoms. The average Bonchev–Trinajstić information content (AvgIpc) is 2.47. The fourth-order valence-corrected chi connectivity index (χ4v) is 3.05. The number of amides is 2. The summed E-state index contributed by atoms with van der Waals surface area (Å²) in [5, 5.41) is 5.76. The van der Waals surface area contributed by atoms with Crippen LogP contribution in [0.15, 0.2) is 24.3 Å². The molecular formula is C15H19N3O2. The quantitative estimate of drug-likeness (QED) is 0.775. The molecule has 2 amide bonds. The molecule has 20 heavy (non-hydrogen) atoms. The second-order valence-electron chi connectivity index (χ2n) is 5.43. The number of carbonyl (C=O) groups is 2. The number of imide groups is 1. The Balaban J connectivity index is 1.88. The molecule has 1 unspecified atom stereocenters. The van der Waals surface area contributed by atoms with Gasteiger partial charge in [-0.2, -0.15) is 0 Å². The minimum Gasteiger partial charge on any atom is -0.353 e. The van der Waals surface area contributed by atoms with Gasteiger partial charge in [0.2, 0.25) is 11.8 Å². The first-order valence-electron chi connectivity index (χ1n) is 7.11. The smallest absolute Gasteiger partial charge is 0.246 e. The number of anilines is 1. The van der Waals surface area contributed by atoms with Crippen molar-refractivity contribution in [2.75, 3.05) is 31.1 Å². The van der Waals surface area contributed by atoms with Gasteiger partial charge in [0.25, 0.3) is 0 Å². The maximum Gasteiger partial charge on any atom is 0.246 e. The van der Waals surface area contributed by atoms with Crippen molar-refractivity contribution in [1.82, 2.24) is 10.6 Å². The van der Waals surface area contributed by atoms with Gasteiger partial charge in [0.15, 0.2) is 0 Å². The first-order valence-corrected chi connectivity index (χ1v) is 7.11. The molecule has 0 bridgehead atoms. The van der Waals surface area contributed by atoms with Gasteiger partial charge in [-0.1, -0.05) is 18.2 Å². The van der Waals surface area contributed by atoms with Crippen LogP contribution in [0, 0.1) is 0 Å². The van der Waals surface area contributed by atoms with Gasteiger partial charge in [0.05, 0.1) is 13.1 Å². The largest absolute Gasteiger partial charge is 0.353 e. The van der Waals surface area contributed by atoms with Gasteiger partial charge in [0.1, 0.15) is 0 Å². The highest BCUT2D eigenvalue weighted by Gasteiger charge is 2.26. The lowest BCUT2D eigenvalue weighted by atomic mass is 9.90. The van der Waals surface area contributed by atoms with Crippen LogP contribution in [0.5, 0.6) is 0 Å². The van der Waals surface area contributed by atoms with E-state index in [9.17, 15) is 9.59 Å². The van der Waals surface area contributed by atoms with E-state index < -0.39 is 0 Å². The van der Waals surface area contributed by atoms with E-state index in [1.54, 1.807) is 0 Å². The van der Waals surface area contributed by atoms with Gasteiger partial charge in [0, 0.05) is 12.2 Å². The van der Waals surface area contributed by atoms with Crippen molar-refractivity contribution in [3.8, 4) is 0 Å². The number of nitrogens with one attached hydrogen (secondary N) is 2. The third kappa shape index (κ3) is 2.67. The summed E-state index contributed by atoms with van der Waals surface area (Å²) in [7, 11) is 0. The predicted molar refractivity (Wildman–Crippen MR) is 76.6 cm³/mol. The Morgan fingerprint density at radius 1 is 1.10 bits per heavy atom. The van der Waals surface area contributed by atoms with E-state index in [2.05, 4.69) is 16.7 Å². The Morgan fingerprint density at radius 3 is 2.55 bits per heavy atom. The van der Waals surface area contributed by atoms with Crippen molar-refractivity contribution in [2.24, 2.45) is 0 Å². The molecule has 2 heterocycles. The molecule has 2 aliphatic rings. The number of para-hydroxylation sites is 1. The van der Waals surface area contributed by atoms with E-state index in [1.165, 1.54) is 12.0 Å². The van der Waals surface area contributed by atoms with E-state index in [-0.39, 0.29) is 24.9 Å². The van der Waals surface area contributed by atoms with Gasteiger partial charge in [-0.15, -0.1) is 0 Å². The zero-order valence-electron chi connectivity index (χ0n) is 11.4. The number of benzene rings is 1. The second kappa shape index (κ2) is 5.63. The van der Waals surface area contributed by atoms with Gasteiger partial charge in [-0.05, 0) is 36.9 Å². The minimum absolute atomic E-state index is 0.224. The number of hydrogen-bond donors (Lipinski definition) is 2. The molecule has 5 nitrogen and oxygen atoms in total. The Kier molecular flexibility index (Phi) is 3.69. The summed E-state index contributed by atoms with van der Waals surface area (Å²) in [5.41, 5.74) is 2.26. The Labute approximate surface area is 118 Å². The Hall–Kier alpha value is -1.88. The van der Waals surface area contributed by atoms with E-state index in [0.29, 0.717) is 5.92 Å². The van der Waals surface area contributed by atoms with Crippen molar-refractivity contribution < 1.29 is 9.59 Å². The fourth-order valence-electron chi connectivity index (χ4n) is 3.05. The molecule has 1 aromatic carbocycles. The molecule has 2 fully saturated rings. The molecule has 2 N–H and O–H groups in total. The van der Waals surface area contributed by atoms with E-state index in [1.807, 2.05) is 23.1 Å². The van der Waals surface area contributed by atoms with Crippen LogP contribution in [0.4, 0.5) is 5.69 Å². The number of hydrogen-bond acceptors (Lipinski definition) is 4. The first kappa shape index (κ1) is 13.1. The van der Waals surface area contributed by atoms with E-state index in [4.69, 9.17) is 0 Å². The lowest BCUT2D eigenvalue weighted by Gasteiger charge is -2.32. The molecule has 0 aliphatic carbocycles. The van der Waals surface area contributed by atoms with Crippen LogP contribution in [0.3, 0.4) is 0 Å². The first-order chi connectivity index (χ1) is 9.74. The molecule has 2 saturated heterocycles. The Bertz CT molecular complexity index is 508. The maximum absolute atomic E-state index is 11.6. The molecule has 0 aromatic heterocycles. The molecule has 2 aliphatic heterocycles. The van der Waals surface area contributed by atoms with Crippen LogP contribution < -0.4 is 15.5 Å². The highest BCUT2D eigenvalue weighted by Crippen LogP contribution is 2.31. The lowest BCUT2D eigenvalue weighted by Crippen LogP contribution is -2.51. The molecule has 0 spiro atoms. The van der Waals surface area contributed by atoms with Gasteiger partial charge < -0.3 is 10.2 Å². The van der Waals surface area contributed by atoms with Crippen molar-refractivity contribution >= 4 is 17.5 Å². The normalized spacial score (nSPS) is 23.6. The number of piperidine rings is 1. The molecular weight excluding hydrogens is 254 g/mol. The number of rotatable bonds is 2. The summed E-state index contributed by atoms with van der Waals surface area (Å²) in [6.07, 6.45) is 2.32. The zero-order valence-corrected chi connectivity index (χ0v) is 11.4. The van der Waals surface area contributed by atoms with E-state index in [0.717, 1.165) is 25.2 Å². The predicted octanol–water partition coefficient (Wildman–Crippen LogP) is 0.616. The SMILES string of the molecule is O=C1CN(c2ccccc2C2CCCNC2)CC(=O)N1. The molecule has 3 rings (SSSR count). The number of piperazine rings is 1. The monoisotopic (exact) mass is 273 g/mol. The molecule has 1 aromatic rings. The second-order valence-corrected chi connectivity index (χ2v) is 5.43. The third-order valence-corrected chi connectivity index (χ3v) is 3.96. The van der Waals surface area contributed by atoms with E-state index >= 15 is 0 Å². The van der Waals surface area contributed by atoms with Crippen LogP contribution in [-0.4, -0.2) is 38.0 Å². The molecule has 1 atom stereocenters. The van der Waals surface area contributed by atoms with Crippen LogP contribution in [0.25, 0.3) is 0 Å². The fraction of sp³-hybridized carbons (Fsp3) is 0.467. The van der Waals surface area contributed by atoms with Gasteiger partial charge in [-0.25, -0.2) is 0 Å². The van der Waals surface area contributed by atoms with Gasteiger partial charge in [-0.3, -0.25) is 14.9 Å². The van der Waals surface area contributed by atoms with Crippen LogP contribution in [0.2, 0.25) is 0 Å². The topological polar surface area (TPSA) is 61.4 Å². The molecule has 106 valence electrons. The summed E-state index contributed by atoms with van der Waals surface area (Å²) >= 11 is 0. The van der Waals surface area contributed by atoms with Crippen molar-refractivity contribution in [1.29, 1.82) is 0 Å². The molecule has 0 radical (unpaired) electrons. The summed E-state index contributed by atoms with van der Waals surface area (Å²) in [6.45, 7) is 2.54. The summed E-state index contributed by atoms with van der Waals surface area (Å²) < 4.78 is 0. The van der Waals surface area contributed by atoms with Crippen molar-refractivity contribution in [2.45, 2.75) is 18.8 Å². The third-order valence-electron chi connectivity index (χ3n) is 3.96. The standard InChI is InChI=1S/C15H19N3O2/c19-14-9-18(10-15(20)17-14)13-6-2-1-5-12(13)11-4-3-7-16-8-11/h1-2,5-6,11,16H,3-4,7-10H2,(H,17,19,20). The summed E-state index contributed by atoms with van der Waals surface area (Å²) in [6, 6.07) is 8.12. The maximum atomic E-state index is 11.6. The highest BCUT2D eigenvalue weighted by atomic mass is 16.2. The number of nitrogens with zero attached hydrogens (tertiary/aromatic N) is 1. The van der Waals surface area contributed by atoms with Crippen LogP contribution in [0.1, 0.15) is 24.3 Å². The zero-order chi connectivity index (χ0) is 13.9. The van der Waals surface area contributed by atoms with Gasteiger partial charge >= 0.3 is 0 Å². The van der Waals surface area contributed by atoms with Crippen molar-refractivity contribution in [3.05, 3.63) is 29.8 Å². The summed E-state index contributed by atoms with van der Waals surface area (Å²) in [4.78, 5) is 25.0. The lowest BCUT2D eigenvalue weighted by molar-refractivity contribution is -0.130.